The first-order valence-electron chi connectivity index (χ1n) is 9.81. The lowest BCUT2D eigenvalue weighted by Gasteiger charge is -2.55. The van der Waals surface area contributed by atoms with Crippen molar-refractivity contribution in [2.24, 2.45) is 35.0 Å². The largest absolute Gasteiger partial charge is 0.462 e. The number of halogens is 1. The molecule has 0 aromatic rings. The summed E-state index contributed by atoms with van der Waals surface area (Å²) < 4.78 is 14.0. The molecule has 134 valence electrons. The van der Waals surface area contributed by atoms with Crippen molar-refractivity contribution in [2.75, 3.05) is 0 Å². The Kier molecular flexibility index (Phi) is 4.26. The Morgan fingerprint density at radius 3 is 2.88 bits per heavy atom. The first-order valence-corrected chi connectivity index (χ1v) is 9.81. The van der Waals surface area contributed by atoms with Crippen LogP contribution in [0.3, 0.4) is 0 Å². The fourth-order valence-corrected chi connectivity index (χ4v) is 6.94. The van der Waals surface area contributed by atoms with Crippen LogP contribution in [0.4, 0.5) is 4.39 Å². The highest BCUT2D eigenvalue weighted by atomic mass is 19.1. The van der Waals surface area contributed by atoms with Crippen molar-refractivity contribution in [3.63, 3.8) is 0 Å². The summed E-state index contributed by atoms with van der Waals surface area (Å²) in [4.78, 5) is 11.8. The van der Waals surface area contributed by atoms with Gasteiger partial charge in [-0.15, -0.1) is 0 Å². The molecule has 0 amide bonds. The topological polar surface area (TPSA) is 37.3 Å². The highest BCUT2D eigenvalue weighted by molar-refractivity contribution is 5.91. The maximum absolute atomic E-state index is 14.0. The Bertz CT molecular complexity index is 695. The lowest BCUT2D eigenvalue weighted by Crippen LogP contribution is -2.48. The minimum absolute atomic E-state index is 0.0144. The highest BCUT2D eigenvalue weighted by Gasteiger charge is 2.59. The van der Waals surface area contributed by atoms with Crippen LogP contribution in [-0.2, 0) is 4.79 Å². The van der Waals surface area contributed by atoms with Gasteiger partial charge < -0.3 is 5.11 Å². The summed E-state index contributed by atoms with van der Waals surface area (Å²) in [7, 11) is 0. The molecule has 4 aliphatic rings. The van der Waals surface area contributed by atoms with Gasteiger partial charge in [-0.1, -0.05) is 18.4 Å². The van der Waals surface area contributed by atoms with Gasteiger partial charge in [-0.3, -0.25) is 4.79 Å². The number of carbonyl (C=O) groups is 1. The zero-order valence-electron chi connectivity index (χ0n) is 14.9. The van der Waals surface area contributed by atoms with Gasteiger partial charge in [0, 0.05) is 12.3 Å². The van der Waals surface area contributed by atoms with Crippen molar-refractivity contribution >= 4 is 5.78 Å². The van der Waals surface area contributed by atoms with Crippen LogP contribution in [0.1, 0.15) is 58.3 Å². The van der Waals surface area contributed by atoms with E-state index in [0.29, 0.717) is 24.2 Å². The molecule has 0 bridgehead atoms. The summed E-state index contributed by atoms with van der Waals surface area (Å²) in [5.41, 5.74) is 2.23. The predicted octanol–water partition coefficient (Wildman–Crippen LogP) is 4.93. The van der Waals surface area contributed by atoms with Gasteiger partial charge in [0.05, 0.1) is 6.33 Å². The van der Waals surface area contributed by atoms with Crippen LogP contribution in [0.15, 0.2) is 23.6 Å². The maximum atomic E-state index is 14.0. The number of aliphatic hydroxyl groups excluding tert-OH is 1. The molecule has 3 heteroatoms. The number of allylic oxidation sites excluding steroid dienone is 2. The van der Waals surface area contributed by atoms with E-state index in [1.807, 2.05) is 6.08 Å². The van der Waals surface area contributed by atoms with Crippen molar-refractivity contribution < 1.29 is 14.3 Å². The second kappa shape index (κ2) is 6.31. The third-order valence-corrected chi connectivity index (χ3v) is 7.90. The molecule has 0 aliphatic heterocycles. The SMILES string of the molecule is CC[C@]12C/C(=C\F)[C@H]3[C@@H](CCC4=CC(=O)CC[C@@H]43)[C@@H]1CC[C@H]2C#CO. The molecule has 0 heterocycles. The molecule has 2 nitrogen and oxygen atoms in total. The van der Waals surface area contributed by atoms with E-state index in [1.165, 1.54) is 5.57 Å². The van der Waals surface area contributed by atoms with Gasteiger partial charge in [-0.05, 0) is 85.7 Å². The summed E-state index contributed by atoms with van der Waals surface area (Å²) in [5, 5.41) is 9.17. The van der Waals surface area contributed by atoms with Crippen molar-refractivity contribution in [3.05, 3.63) is 23.6 Å². The van der Waals surface area contributed by atoms with E-state index in [1.54, 1.807) is 0 Å². The zero-order chi connectivity index (χ0) is 17.6. The summed E-state index contributed by atoms with van der Waals surface area (Å²) in [6.45, 7) is 2.20. The predicted molar refractivity (Wildman–Crippen MR) is 94.5 cm³/mol. The Morgan fingerprint density at radius 1 is 1.32 bits per heavy atom. The van der Waals surface area contributed by atoms with Crippen LogP contribution in [0.2, 0.25) is 0 Å². The Labute approximate surface area is 149 Å². The van der Waals surface area contributed by atoms with Gasteiger partial charge in [-0.25, -0.2) is 4.39 Å². The van der Waals surface area contributed by atoms with E-state index in [4.69, 9.17) is 0 Å². The molecule has 0 radical (unpaired) electrons. The third kappa shape index (κ3) is 2.40. The number of hydrogen-bond donors (Lipinski definition) is 1. The normalized spacial score (nSPS) is 44.2. The molecule has 3 fully saturated rings. The smallest absolute Gasteiger partial charge is 0.155 e. The fourth-order valence-electron chi connectivity index (χ4n) is 6.94. The lowest BCUT2D eigenvalue weighted by atomic mass is 9.49. The molecule has 0 aromatic heterocycles. The number of hydrogen-bond acceptors (Lipinski definition) is 2. The molecular weight excluding hydrogens is 315 g/mol. The zero-order valence-corrected chi connectivity index (χ0v) is 14.9. The van der Waals surface area contributed by atoms with Crippen molar-refractivity contribution in [2.45, 2.75) is 58.3 Å². The molecule has 0 spiro atoms. The Hall–Kier alpha value is -1.56. The average molecular weight is 342 g/mol. The second-order valence-electron chi connectivity index (χ2n) is 8.50. The first-order chi connectivity index (χ1) is 12.1. The average Bonchev–Trinajstić information content (AvgIpc) is 2.99. The van der Waals surface area contributed by atoms with Crippen molar-refractivity contribution in [1.29, 1.82) is 0 Å². The number of fused-ring (bicyclic) bond motifs is 5. The standard InChI is InChI=1S/C22H27FO2/c1-2-22-12-15(13-23)21-18-7-5-17(25)11-14(18)3-6-19(21)20(22)8-4-16(22)9-10-24/h11,13,16,18-21,24H,2-8,12H2,1H3/b15-13+/t16-,18-,19-,20-,21+,22+/m0/s1. The summed E-state index contributed by atoms with van der Waals surface area (Å²) >= 11 is 0. The number of aliphatic hydroxyl groups is 1. The second-order valence-corrected chi connectivity index (χ2v) is 8.50. The molecule has 0 aromatic carbocycles. The first kappa shape index (κ1) is 16.9. The van der Waals surface area contributed by atoms with Crippen LogP contribution in [-0.4, -0.2) is 10.9 Å². The molecule has 0 saturated heterocycles. The Morgan fingerprint density at radius 2 is 2.16 bits per heavy atom. The van der Waals surface area contributed by atoms with E-state index < -0.39 is 0 Å². The molecule has 4 rings (SSSR count). The molecule has 4 aliphatic carbocycles. The minimum Gasteiger partial charge on any atom is -0.462 e. The van der Waals surface area contributed by atoms with E-state index in [-0.39, 0.29) is 23.0 Å². The third-order valence-electron chi connectivity index (χ3n) is 7.90. The van der Waals surface area contributed by atoms with Gasteiger partial charge >= 0.3 is 0 Å². The fraction of sp³-hybridized carbons (Fsp3) is 0.682. The Balaban J connectivity index is 1.74. The summed E-state index contributed by atoms with van der Waals surface area (Å²) in [6, 6.07) is 0. The van der Waals surface area contributed by atoms with Gasteiger partial charge in [-0.2, -0.15) is 0 Å². The lowest BCUT2D eigenvalue weighted by molar-refractivity contribution is -0.115. The van der Waals surface area contributed by atoms with E-state index in [2.05, 4.69) is 19.0 Å². The van der Waals surface area contributed by atoms with Gasteiger partial charge in [0.1, 0.15) is 6.11 Å². The summed E-state index contributed by atoms with van der Waals surface area (Å²) in [6.07, 6.45) is 12.3. The van der Waals surface area contributed by atoms with Crippen LogP contribution < -0.4 is 0 Å². The molecule has 3 saturated carbocycles. The van der Waals surface area contributed by atoms with Crippen molar-refractivity contribution in [3.8, 4) is 12.0 Å². The number of rotatable bonds is 1. The molecular formula is C22H27FO2. The van der Waals surface area contributed by atoms with Gasteiger partial charge in [0.2, 0.25) is 0 Å². The van der Waals surface area contributed by atoms with E-state index >= 15 is 0 Å². The van der Waals surface area contributed by atoms with Crippen LogP contribution in [0.5, 0.6) is 0 Å². The monoisotopic (exact) mass is 342 g/mol. The van der Waals surface area contributed by atoms with Gasteiger partial charge in [0.15, 0.2) is 5.78 Å². The number of ketones is 1. The quantitative estimate of drug-likeness (QED) is 0.686. The van der Waals surface area contributed by atoms with Crippen LogP contribution in [0.25, 0.3) is 0 Å². The number of carbonyl (C=O) groups excluding carboxylic acids is 1. The van der Waals surface area contributed by atoms with E-state index in [0.717, 1.165) is 56.8 Å². The minimum atomic E-state index is 0.0144. The van der Waals surface area contributed by atoms with Gasteiger partial charge in [0.25, 0.3) is 0 Å². The molecule has 6 atom stereocenters. The maximum Gasteiger partial charge on any atom is 0.155 e. The van der Waals surface area contributed by atoms with E-state index in [9.17, 15) is 14.3 Å². The summed E-state index contributed by atoms with van der Waals surface area (Å²) in [5.74, 6) is 5.14. The van der Waals surface area contributed by atoms with Crippen molar-refractivity contribution in [1.82, 2.24) is 0 Å². The molecule has 0 unspecified atom stereocenters. The molecule has 1 N–H and O–H groups in total. The highest BCUT2D eigenvalue weighted by Crippen LogP contribution is 2.66. The van der Waals surface area contributed by atoms with Crippen LogP contribution in [0, 0.1) is 47.0 Å². The molecule has 25 heavy (non-hydrogen) atoms. The van der Waals surface area contributed by atoms with Crippen LogP contribution >= 0.6 is 0 Å².